The Labute approximate surface area is 125 Å². The number of rotatable bonds is 5. The predicted octanol–water partition coefficient (Wildman–Crippen LogP) is 2.09. The molecule has 0 spiro atoms. The van der Waals surface area contributed by atoms with Crippen molar-refractivity contribution in [3.8, 4) is 0 Å². The fourth-order valence-electron chi connectivity index (χ4n) is 2.01. The van der Waals surface area contributed by atoms with Gasteiger partial charge >= 0.3 is 0 Å². The smallest absolute Gasteiger partial charge is 0.240 e. The molecule has 0 aliphatic heterocycles. The molecule has 21 heavy (non-hydrogen) atoms. The van der Waals surface area contributed by atoms with E-state index in [1.807, 2.05) is 12.1 Å². The summed E-state index contributed by atoms with van der Waals surface area (Å²) in [5.41, 5.74) is 8.74. The lowest BCUT2D eigenvalue weighted by Gasteiger charge is -2.12. The zero-order chi connectivity index (χ0) is 15.5. The molecule has 0 saturated carbocycles. The molecule has 0 atom stereocenters. The fraction of sp³-hybridized carbons (Fsp3) is 0.200. The summed E-state index contributed by atoms with van der Waals surface area (Å²) >= 11 is 0. The molecule has 0 aromatic heterocycles. The van der Waals surface area contributed by atoms with Gasteiger partial charge in [-0.2, -0.15) is 0 Å². The Bertz CT molecular complexity index is 725. The van der Waals surface area contributed by atoms with E-state index in [4.69, 9.17) is 10.9 Å². The van der Waals surface area contributed by atoms with Gasteiger partial charge in [0.05, 0.1) is 5.69 Å². The van der Waals surface area contributed by atoms with Gasteiger partial charge in [-0.05, 0) is 35.7 Å². The van der Waals surface area contributed by atoms with E-state index in [1.54, 1.807) is 12.1 Å². The minimum Gasteiger partial charge on any atom is -0.399 e. The third kappa shape index (κ3) is 3.96. The van der Waals surface area contributed by atoms with Crippen LogP contribution in [0.3, 0.4) is 0 Å². The lowest BCUT2D eigenvalue weighted by Crippen LogP contribution is -2.15. The fourth-order valence-corrected chi connectivity index (χ4v) is 2.76. The molecule has 5 nitrogen and oxygen atoms in total. The number of anilines is 2. The molecule has 5 N–H and O–H groups in total. The van der Waals surface area contributed by atoms with E-state index in [9.17, 15) is 8.42 Å². The van der Waals surface area contributed by atoms with Crippen LogP contribution in [0.25, 0.3) is 0 Å². The van der Waals surface area contributed by atoms with Crippen molar-refractivity contribution in [2.45, 2.75) is 24.8 Å². The second kappa shape index (κ2) is 6.15. The van der Waals surface area contributed by atoms with Crippen LogP contribution >= 0.6 is 0 Å². The molecule has 2 aromatic rings. The van der Waals surface area contributed by atoms with E-state index in [0.717, 1.165) is 12.0 Å². The molecule has 0 amide bonds. The first kappa shape index (κ1) is 15.3. The van der Waals surface area contributed by atoms with Crippen LogP contribution in [0.5, 0.6) is 0 Å². The number of hydrogen-bond donors (Lipinski definition) is 3. The summed E-state index contributed by atoms with van der Waals surface area (Å²) in [6.45, 7) is 2.61. The summed E-state index contributed by atoms with van der Waals surface area (Å²) in [6.07, 6.45) is 0.987. The van der Waals surface area contributed by atoms with Crippen molar-refractivity contribution in [1.82, 2.24) is 0 Å². The number of aryl methyl sites for hydroxylation is 1. The van der Waals surface area contributed by atoms with Crippen LogP contribution in [0.2, 0.25) is 0 Å². The lowest BCUT2D eigenvalue weighted by molar-refractivity contribution is 0.598. The Hall–Kier alpha value is -2.05. The Morgan fingerprint density at radius 3 is 2.24 bits per heavy atom. The van der Waals surface area contributed by atoms with Crippen molar-refractivity contribution in [2.24, 2.45) is 5.14 Å². The minimum absolute atomic E-state index is 0.00711. The van der Waals surface area contributed by atoms with Gasteiger partial charge in [0.25, 0.3) is 0 Å². The van der Waals surface area contributed by atoms with E-state index < -0.39 is 10.0 Å². The number of nitrogens with one attached hydrogen (secondary N) is 1. The van der Waals surface area contributed by atoms with Crippen molar-refractivity contribution >= 4 is 21.4 Å². The van der Waals surface area contributed by atoms with E-state index in [-0.39, 0.29) is 4.90 Å². The summed E-state index contributed by atoms with van der Waals surface area (Å²) in [5.74, 6) is 0. The van der Waals surface area contributed by atoms with Crippen LogP contribution in [-0.2, 0) is 23.0 Å². The molecule has 0 saturated heterocycles. The Balaban J connectivity index is 2.19. The molecule has 0 radical (unpaired) electrons. The van der Waals surface area contributed by atoms with E-state index in [0.29, 0.717) is 17.9 Å². The topological polar surface area (TPSA) is 98.2 Å². The van der Waals surface area contributed by atoms with Gasteiger partial charge in [-0.3, -0.25) is 0 Å². The zero-order valence-electron chi connectivity index (χ0n) is 11.8. The number of sulfonamides is 1. The molecule has 0 heterocycles. The molecule has 0 unspecified atom stereocenters. The zero-order valence-corrected chi connectivity index (χ0v) is 12.7. The SMILES string of the molecule is CCc1ccc(CNc2ccc(N)cc2S(N)(=O)=O)cc1. The normalized spacial score (nSPS) is 11.3. The first-order chi connectivity index (χ1) is 9.90. The third-order valence-corrected chi connectivity index (χ3v) is 4.18. The maximum atomic E-state index is 11.6. The average molecular weight is 305 g/mol. The van der Waals surface area contributed by atoms with Gasteiger partial charge in [0.15, 0.2) is 0 Å². The number of hydrogen-bond acceptors (Lipinski definition) is 4. The van der Waals surface area contributed by atoms with Crippen molar-refractivity contribution in [3.05, 3.63) is 53.6 Å². The van der Waals surface area contributed by atoms with Crippen molar-refractivity contribution in [3.63, 3.8) is 0 Å². The number of primary sulfonamides is 1. The minimum atomic E-state index is -3.81. The molecular formula is C15H19N3O2S. The second-order valence-corrected chi connectivity index (χ2v) is 6.35. The van der Waals surface area contributed by atoms with Crippen LogP contribution in [0.15, 0.2) is 47.4 Å². The number of nitrogens with two attached hydrogens (primary N) is 2. The van der Waals surface area contributed by atoms with Crippen LogP contribution in [-0.4, -0.2) is 8.42 Å². The highest BCUT2D eigenvalue weighted by Crippen LogP contribution is 2.23. The highest BCUT2D eigenvalue weighted by atomic mass is 32.2. The van der Waals surface area contributed by atoms with Gasteiger partial charge in [-0.25, -0.2) is 13.6 Å². The molecular weight excluding hydrogens is 286 g/mol. The van der Waals surface area contributed by atoms with Gasteiger partial charge in [0, 0.05) is 12.2 Å². The van der Waals surface area contributed by atoms with Gasteiger partial charge in [-0.15, -0.1) is 0 Å². The first-order valence-electron chi connectivity index (χ1n) is 6.64. The van der Waals surface area contributed by atoms with Crippen LogP contribution in [0.4, 0.5) is 11.4 Å². The first-order valence-corrected chi connectivity index (χ1v) is 8.19. The highest BCUT2D eigenvalue weighted by molar-refractivity contribution is 7.89. The maximum absolute atomic E-state index is 11.6. The molecule has 112 valence electrons. The second-order valence-electron chi connectivity index (χ2n) is 4.82. The molecule has 2 aromatic carbocycles. The van der Waals surface area contributed by atoms with Gasteiger partial charge < -0.3 is 11.1 Å². The summed E-state index contributed by atoms with van der Waals surface area (Å²) in [4.78, 5) is 0.00711. The molecule has 6 heteroatoms. The lowest BCUT2D eigenvalue weighted by atomic mass is 10.1. The molecule has 0 aliphatic rings. The average Bonchev–Trinajstić information content (AvgIpc) is 2.45. The third-order valence-electron chi connectivity index (χ3n) is 3.23. The van der Waals surface area contributed by atoms with Crippen molar-refractivity contribution < 1.29 is 8.42 Å². The van der Waals surface area contributed by atoms with Crippen molar-refractivity contribution in [1.29, 1.82) is 0 Å². The van der Waals surface area contributed by atoms with Crippen molar-refractivity contribution in [2.75, 3.05) is 11.1 Å². The molecule has 0 fully saturated rings. The molecule has 0 bridgehead atoms. The van der Waals surface area contributed by atoms with E-state index >= 15 is 0 Å². The molecule has 2 rings (SSSR count). The summed E-state index contributed by atoms with van der Waals surface area (Å²) in [6, 6.07) is 12.8. The monoisotopic (exact) mass is 305 g/mol. The van der Waals surface area contributed by atoms with E-state index in [2.05, 4.69) is 24.4 Å². The Morgan fingerprint density at radius 2 is 1.67 bits per heavy atom. The number of nitrogen functional groups attached to an aromatic ring is 1. The largest absolute Gasteiger partial charge is 0.399 e. The van der Waals surface area contributed by atoms with Crippen LogP contribution in [0, 0.1) is 0 Å². The van der Waals surface area contributed by atoms with Gasteiger partial charge in [0.2, 0.25) is 10.0 Å². The maximum Gasteiger partial charge on any atom is 0.240 e. The summed E-state index contributed by atoms with van der Waals surface area (Å²) in [7, 11) is -3.81. The molecule has 0 aliphatic carbocycles. The number of benzene rings is 2. The van der Waals surface area contributed by atoms with Gasteiger partial charge in [0.1, 0.15) is 4.90 Å². The Morgan fingerprint density at radius 1 is 1.05 bits per heavy atom. The Kier molecular flexibility index (Phi) is 4.50. The van der Waals surface area contributed by atoms with E-state index in [1.165, 1.54) is 11.6 Å². The summed E-state index contributed by atoms with van der Waals surface area (Å²) < 4.78 is 23.2. The van der Waals surface area contributed by atoms with Crippen LogP contribution < -0.4 is 16.2 Å². The van der Waals surface area contributed by atoms with Crippen LogP contribution in [0.1, 0.15) is 18.1 Å². The van der Waals surface area contributed by atoms with Gasteiger partial charge in [-0.1, -0.05) is 31.2 Å². The predicted molar refractivity (Wildman–Crippen MR) is 85.4 cm³/mol. The quantitative estimate of drug-likeness (QED) is 0.737. The standard InChI is InChI=1S/C15H19N3O2S/c1-2-11-3-5-12(6-4-11)10-18-14-8-7-13(16)9-15(14)21(17,19)20/h3-9,18H,2,10,16H2,1H3,(H2,17,19,20). The highest BCUT2D eigenvalue weighted by Gasteiger charge is 2.14. The summed E-state index contributed by atoms with van der Waals surface area (Å²) in [5, 5.41) is 8.30.